The molecule has 0 aromatic heterocycles. The first-order chi connectivity index (χ1) is 9.47. The third-order valence-corrected chi connectivity index (χ3v) is 2.99. The molecule has 0 unspecified atom stereocenters. The fourth-order valence-electron chi connectivity index (χ4n) is 1.69. The van der Waals surface area contributed by atoms with Crippen LogP contribution in [0.1, 0.15) is 11.1 Å². The number of benzene rings is 2. The van der Waals surface area contributed by atoms with E-state index in [2.05, 4.69) is 0 Å². The van der Waals surface area contributed by atoms with Gasteiger partial charge in [0.1, 0.15) is 11.5 Å². The largest absolute Gasteiger partial charge is 0.508 e. The fourth-order valence-corrected chi connectivity index (χ4v) is 1.88. The lowest BCUT2D eigenvalue weighted by molar-refractivity contribution is -0.130. The Morgan fingerprint density at radius 2 is 1.70 bits per heavy atom. The zero-order valence-corrected chi connectivity index (χ0v) is 11.0. The first-order valence-corrected chi connectivity index (χ1v) is 6.08. The van der Waals surface area contributed by atoms with E-state index >= 15 is 0 Å². The summed E-state index contributed by atoms with van der Waals surface area (Å²) in [5.74, 6) is -1.10. The zero-order valence-electron chi connectivity index (χ0n) is 10.2. The van der Waals surface area contributed by atoms with Crippen molar-refractivity contribution in [2.24, 2.45) is 0 Å². The predicted octanol–water partition coefficient (Wildman–Crippen LogP) is 3.38. The average Bonchev–Trinajstić information content (AvgIpc) is 2.41. The van der Waals surface area contributed by atoms with Crippen LogP contribution in [0.5, 0.6) is 11.5 Å². The second kappa shape index (κ2) is 5.67. The highest BCUT2D eigenvalue weighted by Gasteiger charge is 2.11. The van der Waals surface area contributed by atoms with E-state index < -0.39 is 5.97 Å². The van der Waals surface area contributed by atoms with Gasteiger partial charge < -0.3 is 15.3 Å². The molecular weight excluding hydrogens is 280 g/mol. The number of aromatic hydroxyl groups is 2. The standard InChI is InChI=1S/C15H11ClO4/c16-13-8-9(1-6-14(13)18)7-12(15(19)20)10-2-4-11(17)5-3-10/h1-8,17-18H,(H,19,20)/b12-7-. The van der Waals surface area contributed by atoms with Crippen molar-refractivity contribution in [3.05, 3.63) is 58.6 Å². The minimum absolute atomic E-state index is 0.0613. The Balaban J connectivity index is 2.47. The van der Waals surface area contributed by atoms with E-state index in [-0.39, 0.29) is 22.1 Å². The van der Waals surface area contributed by atoms with Crippen LogP contribution in [0.2, 0.25) is 5.02 Å². The van der Waals surface area contributed by atoms with Crippen LogP contribution in [-0.4, -0.2) is 21.3 Å². The van der Waals surface area contributed by atoms with Crippen LogP contribution in [-0.2, 0) is 4.79 Å². The number of phenolic OH excluding ortho intramolecular Hbond substituents is 2. The second-order valence-electron chi connectivity index (χ2n) is 4.12. The normalized spacial score (nSPS) is 11.3. The van der Waals surface area contributed by atoms with Crippen LogP contribution >= 0.6 is 11.6 Å². The molecule has 5 heteroatoms. The zero-order chi connectivity index (χ0) is 14.7. The van der Waals surface area contributed by atoms with Crippen molar-refractivity contribution in [2.75, 3.05) is 0 Å². The molecule has 0 aliphatic carbocycles. The molecule has 20 heavy (non-hydrogen) atoms. The Hall–Kier alpha value is -2.46. The van der Waals surface area contributed by atoms with Crippen LogP contribution in [0.25, 0.3) is 11.6 Å². The summed E-state index contributed by atoms with van der Waals surface area (Å²) in [6.45, 7) is 0. The third-order valence-electron chi connectivity index (χ3n) is 2.69. The molecule has 0 amide bonds. The van der Waals surface area contributed by atoms with Gasteiger partial charge in [0, 0.05) is 0 Å². The molecule has 4 nitrogen and oxygen atoms in total. The Morgan fingerprint density at radius 3 is 2.25 bits per heavy atom. The van der Waals surface area contributed by atoms with Crippen LogP contribution in [0.15, 0.2) is 42.5 Å². The molecule has 0 saturated heterocycles. The van der Waals surface area contributed by atoms with Crippen molar-refractivity contribution in [3.63, 3.8) is 0 Å². The van der Waals surface area contributed by atoms with Crippen molar-refractivity contribution < 1.29 is 20.1 Å². The van der Waals surface area contributed by atoms with Gasteiger partial charge in [0.05, 0.1) is 10.6 Å². The van der Waals surface area contributed by atoms with Crippen LogP contribution < -0.4 is 0 Å². The number of phenols is 2. The third kappa shape index (κ3) is 3.10. The van der Waals surface area contributed by atoms with Crippen molar-refractivity contribution >= 4 is 29.2 Å². The molecule has 3 N–H and O–H groups in total. The molecule has 102 valence electrons. The molecular formula is C15H11ClO4. The van der Waals surface area contributed by atoms with Gasteiger partial charge in [-0.3, -0.25) is 0 Å². The molecule has 0 saturated carbocycles. The van der Waals surface area contributed by atoms with Gasteiger partial charge in [-0.1, -0.05) is 29.8 Å². The number of carboxylic acids is 1. The minimum Gasteiger partial charge on any atom is -0.508 e. The summed E-state index contributed by atoms with van der Waals surface area (Å²) in [6.07, 6.45) is 1.44. The van der Waals surface area contributed by atoms with E-state index in [1.165, 1.54) is 42.5 Å². The quantitative estimate of drug-likeness (QED) is 0.598. The number of hydrogen-bond donors (Lipinski definition) is 3. The summed E-state index contributed by atoms with van der Waals surface area (Å²) in [5.41, 5.74) is 1.07. The van der Waals surface area contributed by atoms with E-state index in [4.69, 9.17) is 11.6 Å². The van der Waals surface area contributed by atoms with E-state index in [0.29, 0.717) is 11.1 Å². The predicted molar refractivity (Wildman–Crippen MR) is 76.7 cm³/mol. The number of rotatable bonds is 3. The second-order valence-corrected chi connectivity index (χ2v) is 4.53. The van der Waals surface area contributed by atoms with Gasteiger partial charge in [0.25, 0.3) is 0 Å². The summed E-state index contributed by atoms with van der Waals surface area (Å²) in [6, 6.07) is 10.3. The summed E-state index contributed by atoms with van der Waals surface area (Å²) >= 11 is 5.78. The lowest BCUT2D eigenvalue weighted by Crippen LogP contribution is -1.99. The highest BCUT2D eigenvalue weighted by Crippen LogP contribution is 2.27. The molecule has 2 aromatic rings. The summed E-state index contributed by atoms with van der Waals surface area (Å²) < 4.78 is 0. The monoisotopic (exact) mass is 290 g/mol. The molecule has 2 rings (SSSR count). The minimum atomic E-state index is -1.10. The molecule has 0 aliphatic rings. The molecule has 0 radical (unpaired) electrons. The van der Waals surface area contributed by atoms with Gasteiger partial charge in [-0.05, 0) is 41.5 Å². The van der Waals surface area contributed by atoms with Crippen molar-refractivity contribution in [1.29, 1.82) is 0 Å². The lowest BCUT2D eigenvalue weighted by atomic mass is 10.0. The van der Waals surface area contributed by atoms with Crippen molar-refractivity contribution in [1.82, 2.24) is 0 Å². The topological polar surface area (TPSA) is 77.8 Å². The van der Waals surface area contributed by atoms with Crippen LogP contribution in [0.4, 0.5) is 0 Å². The van der Waals surface area contributed by atoms with E-state index in [0.717, 1.165) is 0 Å². The van der Waals surface area contributed by atoms with E-state index in [1.54, 1.807) is 6.07 Å². The van der Waals surface area contributed by atoms with Gasteiger partial charge in [0.15, 0.2) is 0 Å². The Labute approximate surface area is 120 Å². The van der Waals surface area contributed by atoms with Gasteiger partial charge in [-0.15, -0.1) is 0 Å². The molecule has 0 spiro atoms. The maximum absolute atomic E-state index is 11.3. The summed E-state index contributed by atoms with van der Waals surface area (Å²) in [5, 5.41) is 28.0. The van der Waals surface area contributed by atoms with Crippen LogP contribution in [0.3, 0.4) is 0 Å². The van der Waals surface area contributed by atoms with E-state index in [9.17, 15) is 20.1 Å². The highest BCUT2D eigenvalue weighted by atomic mass is 35.5. The van der Waals surface area contributed by atoms with Crippen molar-refractivity contribution in [3.8, 4) is 11.5 Å². The molecule has 2 aromatic carbocycles. The molecule has 0 fully saturated rings. The molecule has 0 heterocycles. The van der Waals surface area contributed by atoms with Crippen LogP contribution in [0, 0.1) is 0 Å². The number of hydrogen-bond acceptors (Lipinski definition) is 3. The van der Waals surface area contributed by atoms with Crippen molar-refractivity contribution in [2.45, 2.75) is 0 Å². The number of carbonyl (C=O) groups is 1. The molecule has 0 bridgehead atoms. The first-order valence-electron chi connectivity index (χ1n) is 5.70. The lowest BCUT2D eigenvalue weighted by Gasteiger charge is -2.04. The maximum atomic E-state index is 11.3. The number of halogens is 1. The smallest absolute Gasteiger partial charge is 0.336 e. The maximum Gasteiger partial charge on any atom is 0.336 e. The van der Waals surface area contributed by atoms with Gasteiger partial charge in [-0.25, -0.2) is 4.79 Å². The fraction of sp³-hybridized carbons (Fsp3) is 0. The number of aliphatic carboxylic acids is 1. The van der Waals surface area contributed by atoms with Gasteiger partial charge in [-0.2, -0.15) is 0 Å². The Bertz CT molecular complexity index is 675. The SMILES string of the molecule is O=C(O)/C(=C\c1ccc(O)c(Cl)c1)c1ccc(O)cc1. The average molecular weight is 291 g/mol. The molecule has 0 atom stereocenters. The molecule has 0 aliphatic heterocycles. The summed E-state index contributed by atoms with van der Waals surface area (Å²) in [4.78, 5) is 11.3. The summed E-state index contributed by atoms with van der Waals surface area (Å²) in [7, 11) is 0. The van der Waals surface area contributed by atoms with Gasteiger partial charge >= 0.3 is 5.97 Å². The first kappa shape index (κ1) is 14.0. The van der Waals surface area contributed by atoms with Gasteiger partial charge in [0.2, 0.25) is 0 Å². The van der Waals surface area contributed by atoms with E-state index in [1.807, 2.05) is 0 Å². The number of carboxylic acid groups (broad SMARTS) is 1. The highest BCUT2D eigenvalue weighted by molar-refractivity contribution is 6.32. The Kier molecular flexibility index (Phi) is 3.96. The Morgan fingerprint density at radius 1 is 1.05 bits per heavy atom.